The SMILES string of the molecule is C=C1OCCO/C1=C/C1=C(C)C2(CO1)CC(=O)N(C1CC1)c1ccccc12. The molecule has 1 aromatic rings. The molecule has 0 N–H and O–H groups in total. The predicted molar refractivity (Wildman–Crippen MR) is 101 cm³/mol. The van der Waals surface area contributed by atoms with E-state index in [2.05, 4.69) is 25.6 Å². The first-order chi connectivity index (χ1) is 13.1. The molecule has 1 atom stereocenters. The lowest BCUT2D eigenvalue weighted by Crippen LogP contribution is -2.46. The van der Waals surface area contributed by atoms with Crippen LogP contribution in [0.2, 0.25) is 0 Å². The lowest BCUT2D eigenvalue weighted by Gasteiger charge is -2.40. The Morgan fingerprint density at radius 1 is 1.19 bits per heavy atom. The van der Waals surface area contributed by atoms with Crippen LogP contribution in [0.4, 0.5) is 5.69 Å². The van der Waals surface area contributed by atoms with Crippen LogP contribution in [0.25, 0.3) is 0 Å². The molecule has 1 spiro atoms. The average Bonchev–Trinajstić information content (AvgIpc) is 3.46. The number of para-hydroxylation sites is 1. The smallest absolute Gasteiger partial charge is 0.228 e. The van der Waals surface area contributed by atoms with Crippen molar-refractivity contribution in [1.29, 1.82) is 0 Å². The fourth-order valence-corrected chi connectivity index (χ4v) is 4.37. The largest absolute Gasteiger partial charge is 0.492 e. The van der Waals surface area contributed by atoms with Crippen LogP contribution < -0.4 is 4.90 Å². The zero-order valence-electron chi connectivity index (χ0n) is 15.5. The minimum absolute atomic E-state index is 0.190. The second-order valence-electron chi connectivity index (χ2n) is 7.68. The van der Waals surface area contributed by atoms with Gasteiger partial charge in [-0.2, -0.15) is 0 Å². The normalized spacial score (nSPS) is 28.9. The van der Waals surface area contributed by atoms with Crippen LogP contribution in [-0.2, 0) is 24.4 Å². The maximum Gasteiger partial charge on any atom is 0.228 e. The van der Waals surface area contributed by atoms with Gasteiger partial charge in [0.25, 0.3) is 0 Å². The molecule has 5 heteroatoms. The van der Waals surface area contributed by atoms with Gasteiger partial charge in [0, 0.05) is 24.2 Å². The second-order valence-corrected chi connectivity index (χ2v) is 7.68. The third kappa shape index (κ3) is 2.48. The van der Waals surface area contributed by atoms with Gasteiger partial charge in [-0.15, -0.1) is 0 Å². The van der Waals surface area contributed by atoms with Crippen molar-refractivity contribution in [3.8, 4) is 0 Å². The zero-order valence-corrected chi connectivity index (χ0v) is 15.5. The van der Waals surface area contributed by atoms with E-state index in [0.717, 1.165) is 29.9 Å². The number of hydrogen-bond acceptors (Lipinski definition) is 4. The number of carbonyl (C=O) groups excluding carboxylic acids is 1. The molecule has 0 radical (unpaired) electrons. The molecule has 0 aromatic heterocycles. The van der Waals surface area contributed by atoms with Crippen LogP contribution in [0.1, 0.15) is 31.7 Å². The summed E-state index contributed by atoms with van der Waals surface area (Å²) in [6.07, 6.45) is 4.48. The molecule has 5 nitrogen and oxygen atoms in total. The summed E-state index contributed by atoms with van der Waals surface area (Å²) in [4.78, 5) is 15.1. The number of benzene rings is 1. The molecule has 1 saturated heterocycles. The first-order valence-corrected chi connectivity index (χ1v) is 9.52. The Hall–Kier alpha value is -2.69. The second kappa shape index (κ2) is 5.91. The van der Waals surface area contributed by atoms with Gasteiger partial charge in [-0.3, -0.25) is 4.79 Å². The highest BCUT2D eigenvalue weighted by Crippen LogP contribution is 2.51. The lowest BCUT2D eigenvalue weighted by molar-refractivity contribution is -0.120. The molecule has 0 bridgehead atoms. The van der Waals surface area contributed by atoms with E-state index in [-0.39, 0.29) is 5.91 Å². The molecule has 5 rings (SSSR count). The van der Waals surface area contributed by atoms with Crippen molar-refractivity contribution in [2.24, 2.45) is 0 Å². The van der Waals surface area contributed by atoms with Gasteiger partial charge in [0.05, 0.1) is 5.41 Å². The van der Waals surface area contributed by atoms with Crippen LogP contribution in [0.3, 0.4) is 0 Å². The number of rotatable bonds is 2. The van der Waals surface area contributed by atoms with E-state index >= 15 is 0 Å². The summed E-state index contributed by atoms with van der Waals surface area (Å²) in [5.41, 5.74) is 2.87. The van der Waals surface area contributed by atoms with Crippen LogP contribution in [0.15, 0.2) is 59.8 Å². The minimum Gasteiger partial charge on any atom is -0.492 e. The molecule has 140 valence electrons. The number of carbonyl (C=O) groups is 1. The van der Waals surface area contributed by atoms with Crippen LogP contribution >= 0.6 is 0 Å². The Morgan fingerprint density at radius 2 is 1.96 bits per heavy atom. The summed E-state index contributed by atoms with van der Waals surface area (Å²) in [6, 6.07) is 8.62. The monoisotopic (exact) mass is 365 g/mol. The standard InChI is InChI=1S/C22H23NO4/c1-14-19(11-20-15(2)25-9-10-26-20)27-13-22(14)12-21(24)23(16-7-8-16)18-6-4-3-5-17(18)22/h3-6,11,16H,2,7-10,12-13H2,1H3/b20-11+. The molecule has 1 amide bonds. The summed E-state index contributed by atoms with van der Waals surface area (Å²) >= 11 is 0. The third-order valence-corrected chi connectivity index (χ3v) is 6.03. The van der Waals surface area contributed by atoms with Crippen molar-refractivity contribution in [2.75, 3.05) is 24.7 Å². The van der Waals surface area contributed by atoms with Gasteiger partial charge >= 0.3 is 0 Å². The molecular formula is C22H23NO4. The maximum atomic E-state index is 13.1. The number of amides is 1. The Morgan fingerprint density at radius 3 is 2.74 bits per heavy atom. The molecule has 1 aromatic carbocycles. The van der Waals surface area contributed by atoms with E-state index in [4.69, 9.17) is 14.2 Å². The molecule has 3 heterocycles. The Balaban J connectivity index is 1.59. The van der Waals surface area contributed by atoms with E-state index in [1.165, 1.54) is 5.56 Å². The Kier molecular flexibility index (Phi) is 3.61. The topological polar surface area (TPSA) is 48.0 Å². The van der Waals surface area contributed by atoms with Crippen molar-refractivity contribution < 1.29 is 19.0 Å². The van der Waals surface area contributed by atoms with Gasteiger partial charge in [-0.05, 0) is 37.0 Å². The van der Waals surface area contributed by atoms with E-state index < -0.39 is 5.41 Å². The number of hydrogen-bond donors (Lipinski definition) is 0. The van der Waals surface area contributed by atoms with E-state index in [1.807, 2.05) is 23.1 Å². The Labute approximate surface area is 158 Å². The van der Waals surface area contributed by atoms with Crippen molar-refractivity contribution in [2.45, 2.75) is 37.6 Å². The van der Waals surface area contributed by atoms with Crippen LogP contribution in [0.5, 0.6) is 0 Å². The van der Waals surface area contributed by atoms with Crippen LogP contribution in [-0.4, -0.2) is 31.8 Å². The van der Waals surface area contributed by atoms with Crippen molar-refractivity contribution in [1.82, 2.24) is 0 Å². The van der Waals surface area contributed by atoms with Gasteiger partial charge in [0.2, 0.25) is 5.91 Å². The summed E-state index contributed by atoms with van der Waals surface area (Å²) in [5.74, 6) is 2.06. The lowest BCUT2D eigenvalue weighted by atomic mass is 9.70. The first-order valence-electron chi connectivity index (χ1n) is 9.52. The summed E-state index contributed by atoms with van der Waals surface area (Å²) < 4.78 is 17.2. The van der Waals surface area contributed by atoms with Gasteiger partial charge in [0.15, 0.2) is 11.5 Å². The Bertz CT molecular complexity index is 895. The first kappa shape index (κ1) is 16.5. The molecule has 27 heavy (non-hydrogen) atoms. The molecule has 3 aliphatic heterocycles. The van der Waals surface area contributed by atoms with E-state index in [0.29, 0.717) is 43.8 Å². The molecule has 4 aliphatic rings. The van der Waals surface area contributed by atoms with Crippen LogP contribution in [0, 0.1) is 0 Å². The van der Waals surface area contributed by atoms with Gasteiger partial charge < -0.3 is 19.1 Å². The van der Waals surface area contributed by atoms with Gasteiger partial charge in [0.1, 0.15) is 25.6 Å². The average molecular weight is 365 g/mol. The zero-order chi connectivity index (χ0) is 18.6. The maximum absolute atomic E-state index is 13.1. The molecule has 1 aliphatic carbocycles. The van der Waals surface area contributed by atoms with E-state index in [9.17, 15) is 4.79 Å². The van der Waals surface area contributed by atoms with Gasteiger partial charge in [-0.1, -0.05) is 24.8 Å². The van der Waals surface area contributed by atoms with Crippen molar-refractivity contribution in [3.63, 3.8) is 0 Å². The van der Waals surface area contributed by atoms with Crippen molar-refractivity contribution in [3.05, 3.63) is 65.3 Å². The molecule has 1 unspecified atom stereocenters. The number of anilines is 1. The number of nitrogens with zero attached hydrogens (tertiary/aromatic N) is 1. The highest BCUT2D eigenvalue weighted by molar-refractivity contribution is 5.99. The fraction of sp³-hybridized carbons (Fsp3) is 0.409. The molecular weight excluding hydrogens is 342 g/mol. The predicted octanol–water partition coefficient (Wildman–Crippen LogP) is 3.57. The molecule has 1 saturated carbocycles. The number of allylic oxidation sites excluding steroid dienone is 1. The van der Waals surface area contributed by atoms with E-state index in [1.54, 1.807) is 0 Å². The quantitative estimate of drug-likeness (QED) is 0.804. The highest BCUT2D eigenvalue weighted by Gasteiger charge is 2.51. The summed E-state index contributed by atoms with van der Waals surface area (Å²) in [5, 5.41) is 0. The fourth-order valence-electron chi connectivity index (χ4n) is 4.37. The number of fused-ring (bicyclic) bond motifs is 2. The third-order valence-electron chi connectivity index (χ3n) is 6.03. The summed E-state index contributed by atoms with van der Waals surface area (Å²) in [6.45, 7) is 7.43. The molecule has 2 fully saturated rings. The van der Waals surface area contributed by atoms with Crippen molar-refractivity contribution >= 4 is 11.6 Å². The number of ether oxygens (including phenoxy) is 3. The summed E-state index contributed by atoms with van der Waals surface area (Å²) in [7, 11) is 0. The highest BCUT2D eigenvalue weighted by atomic mass is 16.6. The van der Waals surface area contributed by atoms with Gasteiger partial charge in [-0.25, -0.2) is 0 Å². The minimum atomic E-state index is -0.414.